The molecule has 2 saturated heterocycles. The number of amides is 1. The number of nitrogens with zero attached hydrogens (tertiary/aromatic N) is 3. The Morgan fingerprint density at radius 2 is 1.67 bits per heavy atom. The summed E-state index contributed by atoms with van der Waals surface area (Å²) in [6, 6.07) is 16.8. The SMILES string of the molecule is CC1CCCN1C1(C)CCc2ccc(-c3cnc(N)c(C(=N)c4ccc(C(=O)N5CCC5)cc4)c3)cc2CC1. The number of fused-ring (bicyclic) bond motifs is 1. The smallest absolute Gasteiger partial charge is 0.253 e. The predicted octanol–water partition coefficient (Wildman–Crippen LogP) is 5.71. The Balaban J connectivity index is 1.22. The quantitative estimate of drug-likeness (QED) is 0.332. The normalized spacial score (nSPS) is 23.1. The standard InChI is InChI=1S/C33H39N5O/c1-22-5-3-18-38(22)33(2)14-12-23-6-11-26(19-27(23)13-15-33)28-20-29(31(35)36-21-28)30(34)24-7-9-25(10-8-24)32(39)37-16-4-17-37/h6-11,19-22,34H,3-5,12-18H2,1-2H3,(H2,35,36). The maximum atomic E-state index is 12.5. The van der Waals surface area contributed by atoms with Crippen LogP contribution in [0, 0.1) is 5.41 Å². The third-order valence-electron chi connectivity index (χ3n) is 9.40. The average molecular weight is 522 g/mol. The summed E-state index contributed by atoms with van der Waals surface area (Å²) < 4.78 is 0. The van der Waals surface area contributed by atoms with Crippen LogP contribution in [-0.4, -0.2) is 57.6 Å². The molecule has 6 heteroatoms. The lowest BCUT2D eigenvalue weighted by atomic mass is 9.89. The number of pyridine rings is 1. The van der Waals surface area contributed by atoms with Crippen LogP contribution >= 0.6 is 0 Å². The van der Waals surface area contributed by atoms with Gasteiger partial charge in [0.1, 0.15) is 5.82 Å². The summed E-state index contributed by atoms with van der Waals surface area (Å²) in [6.45, 7) is 7.73. The molecule has 1 aliphatic carbocycles. The van der Waals surface area contributed by atoms with E-state index in [1.165, 1.54) is 43.4 Å². The third-order valence-corrected chi connectivity index (χ3v) is 9.40. The minimum absolute atomic E-state index is 0.0565. The molecule has 2 aromatic carbocycles. The Kier molecular flexibility index (Phi) is 6.76. The van der Waals surface area contributed by atoms with Crippen molar-refractivity contribution in [3.8, 4) is 11.1 Å². The summed E-state index contributed by atoms with van der Waals surface area (Å²) in [6.07, 6.45) is 10.1. The molecule has 0 radical (unpaired) electrons. The van der Waals surface area contributed by atoms with E-state index in [4.69, 9.17) is 11.1 Å². The van der Waals surface area contributed by atoms with Crippen LogP contribution in [0.1, 0.15) is 78.6 Å². The van der Waals surface area contributed by atoms with Crippen molar-refractivity contribution in [1.29, 1.82) is 5.41 Å². The van der Waals surface area contributed by atoms with Crippen molar-refractivity contribution in [3.63, 3.8) is 0 Å². The van der Waals surface area contributed by atoms with Crippen molar-refractivity contribution in [3.05, 3.63) is 82.5 Å². The number of benzene rings is 2. The lowest BCUT2D eigenvalue weighted by Crippen LogP contribution is -2.48. The number of likely N-dealkylation sites (tertiary alicyclic amines) is 2. The number of carbonyl (C=O) groups is 1. The highest BCUT2D eigenvalue weighted by Gasteiger charge is 2.38. The molecule has 3 aromatic rings. The van der Waals surface area contributed by atoms with Crippen molar-refractivity contribution in [2.45, 2.75) is 70.4 Å². The lowest BCUT2D eigenvalue weighted by Gasteiger charge is -2.41. The fourth-order valence-corrected chi connectivity index (χ4v) is 6.71. The minimum atomic E-state index is 0.0565. The van der Waals surface area contributed by atoms with Crippen LogP contribution in [-0.2, 0) is 12.8 Å². The number of anilines is 1. The number of aromatic nitrogens is 1. The van der Waals surface area contributed by atoms with Gasteiger partial charge < -0.3 is 10.6 Å². The number of hydrogen-bond acceptors (Lipinski definition) is 5. The van der Waals surface area contributed by atoms with E-state index >= 15 is 0 Å². The van der Waals surface area contributed by atoms with Crippen molar-refractivity contribution in [1.82, 2.24) is 14.8 Å². The maximum absolute atomic E-state index is 12.5. The lowest BCUT2D eigenvalue weighted by molar-refractivity contribution is 0.0652. The van der Waals surface area contributed by atoms with Gasteiger partial charge in [0, 0.05) is 53.1 Å². The van der Waals surface area contributed by atoms with Gasteiger partial charge in [-0.1, -0.05) is 30.3 Å². The van der Waals surface area contributed by atoms with E-state index in [1.807, 2.05) is 29.3 Å². The summed E-state index contributed by atoms with van der Waals surface area (Å²) in [5.74, 6) is 0.399. The van der Waals surface area contributed by atoms with Gasteiger partial charge in [-0.3, -0.25) is 15.1 Å². The summed E-state index contributed by atoms with van der Waals surface area (Å²) in [5, 5.41) is 8.88. The first-order valence-corrected chi connectivity index (χ1v) is 14.5. The topological polar surface area (TPSA) is 86.3 Å². The number of carbonyl (C=O) groups excluding carboxylic acids is 1. The summed E-state index contributed by atoms with van der Waals surface area (Å²) in [7, 11) is 0. The van der Waals surface area contributed by atoms with E-state index in [9.17, 15) is 4.79 Å². The van der Waals surface area contributed by atoms with E-state index in [2.05, 4.69) is 41.9 Å². The highest BCUT2D eigenvalue weighted by atomic mass is 16.2. The number of aryl methyl sites for hydroxylation is 2. The number of nitrogens with two attached hydrogens (primary N) is 1. The van der Waals surface area contributed by atoms with E-state index in [-0.39, 0.29) is 11.4 Å². The molecule has 6 rings (SSSR count). The van der Waals surface area contributed by atoms with Crippen molar-refractivity contribution < 1.29 is 4.79 Å². The van der Waals surface area contributed by atoms with E-state index in [0.29, 0.717) is 28.7 Å². The van der Waals surface area contributed by atoms with Crippen LogP contribution in [0.5, 0.6) is 0 Å². The van der Waals surface area contributed by atoms with E-state index in [0.717, 1.165) is 49.0 Å². The highest BCUT2D eigenvalue weighted by Crippen LogP contribution is 2.38. The predicted molar refractivity (Wildman–Crippen MR) is 157 cm³/mol. The molecule has 2 fully saturated rings. The number of nitrogen functional groups attached to an aromatic ring is 1. The molecule has 1 aromatic heterocycles. The summed E-state index contributed by atoms with van der Waals surface area (Å²) in [4.78, 5) is 21.6. The number of hydrogen-bond donors (Lipinski definition) is 2. The van der Waals surface area contributed by atoms with Gasteiger partial charge in [-0.05, 0) is 100 Å². The van der Waals surface area contributed by atoms with Gasteiger partial charge in [0.25, 0.3) is 5.91 Å². The summed E-state index contributed by atoms with van der Waals surface area (Å²) >= 11 is 0. The van der Waals surface area contributed by atoms with Crippen molar-refractivity contribution in [2.75, 3.05) is 25.4 Å². The second-order valence-corrected chi connectivity index (χ2v) is 11.9. The minimum Gasteiger partial charge on any atom is -0.383 e. The Bertz CT molecular complexity index is 1410. The third kappa shape index (κ3) is 4.87. The zero-order valence-corrected chi connectivity index (χ0v) is 23.2. The van der Waals surface area contributed by atoms with Crippen molar-refractivity contribution >= 4 is 17.4 Å². The highest BCUT2D eigenvalue weighted by molar-refractivity contribution is 6.14. The monoisotopic (exact) mass is 521 g/mol. The Morgan fingerprint density at radius 1 is 0.949 bits per heavy atom. The first kappa shape index (κ1) is 25.8. The number of rotatable bonds is 5. The van der Waals surface area contributed by atoms with Crippen LogP contribution in [0.2, 0.25) is 0 Å². The zero-order valence-electron chi connectivity index (χ0n) is 23.2. The number of nitrogens with one attached hydrogen (secondary N) is 1. The average Bonchev–Trinajstić information content (AvgIpc) is 3.29. The second kappa shape index (κ2) is 10.2. The van der Waals surface area contributed by atoms with Gasteiger partial charge in [-0.25, -0.2) is 4.98 Å². The van der Waals surface area contributed by atoms with Crippen LogP contribution in [0.25, 0.3) is 11.1 Å². The van der Waals surface area contributed by atoms with Gasteiger partial charge in [0.2, 0.25) is 0 Å². The molecule has 2 atom stereocenters. The van der Waals surface area contributed by atoms with E-state index < -0.39 is 0 Å². The van der Waals surface area contributed by atoms with Crippen LogP contribution in [0.15, 0.2) is 54.7 Å². The van der Waals surface area contributed by atoms with Crippen LogP contribution < -0.4 is 5.73 Å². The van der Waals surface area contributed by atoms with Crippen LogP contribution in [0.4, 0.5) is 5.82 Å². The van der Waals surface area contributed by atoms with Crippen LogP contribution in [0.3, 0.4) is 0 Å². The Labute approximate surface area is 231 Å². The van der Waals surface area contributed by atoms with Gasteiger partial charge in [-0.2, -0.15) is 0 Å². The van der Waals surface area contributed by atoms with E-state index in [1.54, 1.807) is 12.1 Å². The van der Waals surface area contributed by atoms with Gasteiger partial charge in [-0.15, -0.1) is 0 Å². The summed E-state index contributed by atoms with van der Waals surface area (Å²) in [5.41, 5.74) is 13.8. The molecule has 0 bridgehead atoms. The Hall–Kier alpha value is -3.51. The molecule has 3 heterocycles. The fraction of sp³-hybridized carbons (Fsp3) is 0.424. The molecule has 0 spiro atoms. The molecule has 39 heavy (non-hydrogen) atoms. The first-order valence-electron chi connectivity index (χ1n) is 14.5. The maximum Gasteiger partial charge on any atom is 0.253 e. The zero-order chi connectivity index (χ0) is 27.1. The fourth-order valence-electron chi connectivity index (χ4n) is 6.71. The molecule has 0 saturated carbocycles. The molecule has 2 aliphatic heterocycles. The molecule has 3 N–H and O–H groups in total. The molecule has 6 nitrogen and oxygen atoms in total. The second-order valence-electron chi connectivity index (χ2n) is 11.9. The van der Waals surface area contributed by atoms with Crippen molar-refractivity contribution in [2.24, 2.45) is 0 Å². The molecular weight excluding hydrogens is 482 g/mol. The Morgan fingerprint density at radius 3 is 2.33 bits per heavy atom. The molecule has 3 aliphatic rings. The first-order chi connectivity index (χ1) is 18.8. The van der Waals surface area contributed by atoms with Gasteiger partial charge in [0.15, 0.2) is 0 Å². The van der Waals surface area contributed by atoms with Gasteiger partial charge in [0.05, 0.1) is 5.71 Å². The molecule has 202 valence electrons. The molecular formula is C33H39N5O. The largest absolute Gasteiger partial charge is 0.383 e. The van der Waals surface area contributed by atoms with Gasteiger partial charge >= 0.3 is 0 Å². The molecule has 2 unspecified atom stereocenters. The molecule has 1 amide bonds.